The molecule has 120 valence electrons. The van der Waals surface area contributed by atoms with Crippen LogP contribution in [0.1, 0.15) is 37.8 Å². The van der Waals surface area contributed by atoms with Crippen LogP contribution in [0.2, 0.25) is 0 Å². The minimum Gasteiger partial charge on any atom is -0.428 e. The molecule has 7 heteroatoms. The third-order valence-corrected chi connectivity index (χ3v) is 3.05. The number of halogens is 4. The molecule has 21 heavy (non-hydrogen) atoms. The van der Waals surface area contributed by atoms with E-state index in [9.17, 15) is 22.7 Å². The van der Waals surface area contributed by atoms with Crippen LogP contribution in [-0.2, 0) is 0 Å². The van der Waals surface area contributed by atoms with Gasteiger partial charge in [-0.15, -0.1) is 0 Å². The number of benzene rings is 1. The molecule has 0 heterocycles. The summed E-state index contributed by atoms with van der Waals surface area (Å²) in [5, 5.41) is 9.92. The van der Waals surface area contributed by atoms with Crippen LogP contribution in [0.5, 0.6) is 5.75 Å². The molecule has 1 aromatic carbocycles. The highest BCUT2D eigenvalue weighted by atomic mass is 19.3. The quantitative estimate of drug-likeness (QED) is 0.723. The van der Waals surface area contributed by atoms with Crippen molar-refractivity contribution in [3.63, 3.8) is 0 Å². The second kappa shape index (κ2) is 7.61. The number of hydrogen-bond donors (Lipinski definition) is 2. The molecule has 2 atom stereocenters. The summed E-state index contributed by atoms with van der Waals surface area (Å²) in [5.41, 5.74) is 5.88. The number of rotatable bonds is 8. The molecule has 3 nitrogen and oxygen atoms in total. The zero-order chi connectivity index (χ0) is 16.0. The number of aliphatic hydroxyl groups excluding tert-OH is 1. The van der Waals surface area contributed by atoms with Crippen LogP contribution in [0.4, 0.5) is 17.6 Å². The first-order valence-electron chi connectivity index (χ1n) is 6.67. The van der Waals surface area contributed by atoms with E-state index in [0.717, 1.165) is 12.5 Å². The smallest absolute Gasteiger partial charge is 0.428 e. The highest BCUT2D eigenvalue weighted by Crippen LogP contribution is 2.33. The molecule has 0 fully saturated rings. The van der Waals surface area contributed by atoms with Crippen molar-refractivity contribution in [3.05, 3.63) is 29.8 Å². The van der Waals surface area contributed by atoms with Crippen LogP contribution < -0.4 is 10.5 Å². The fourth-order valence-electron chi connectivity index (χ4n) is 1.84. The summed E-state index contributed by atoms with van der Waals surface area (Å²) >= 11 is 0. The minimum atomic E-state index is -4.61. The maximum Gasteiger partial charge on any atom is 0.461 e. The van der Waals surface area contributed by atoms with Crippen LogP contribution in [0.15, 0.2) is 24.3 Å². The van der Waals surface area contributed by atoms with Crippen LogP contribution in [-0.4, -0.2) is 23.7 Å². The molecule has 0 aliphatic rings. The molecule has 0 unspecified atom stereocenters. The lowest BCUT2D eigenvalue weighted by molar-refractivity contribution is -0.253. The van der Waals surface area contributed by atoms with Crippen molar-refractivity contribution < 1.29 is 27.4 Å². The van der Waals surface area contributed by atoms with Crippen molar-refractivity contribution in [2.45, 2.75) is 50.9 Å². The van der Waals surface area contributed by atoms with Crippen LogP contribution in [0, 0.1) is 0 Å². The van der Waals surface area contributed by atoms with E-state index in [1.54, 1.807) is 0 Å². The van der Waals surface area contributed by atoms with Crippen molar-refractivity contribution in [3.8, 4) is 5.75 Å². The maximum absolute atomic E-state index is 13.0. The van der Waals surface area contributed by atoms with Crippen LogP contribution in [0.3, 0.4) is 0 Å². The highest BCUT2D eigenvalue weighted by molar-refractivity contribution is 5.36. The van der Waals surface area contributed by atoms with E-state index in [0.29, 0.717) is 12.8 Å². The van der Waals surface area contributed by atoms with Gasteiger partial charge in [0.2, 0.25) is 0 Å². The molecule has 0 saturated heterocycles. The van der Waals surface area contributed by atoms with Gasteiger partial charge in [0.15, 0.2) is 0 Å². The lowest BCUT2D eigenvalue weighted by Gasteiger charge is -2.24. The monoisotopic (exact) mass is 309 g/mol. The molecule has 1 aromatic rings. The highest BCUT2D eigenvalue weighted by Gasteiger charge is 2.44. The summed E-state index contributed by atoms with van der Waals surface area (Å²) < 4.78 is 54.5. The van der Waals surface area contributed by atoms with Gasteiger partial charge in [-0.05, 0) is 12.5 Å². The Morgan fingerprint density at radius 2 is 1.90 bits per heavy atom. The van der Waals surface area contributed by atoms with Gasteiger partial charge in [0.25, 0.3) is 0 Å². The first-order chi connectivity index (χ1) is 9.79. The number of aliphatic hydroxyl groups is 1. The number of hydrogen-bond acceptors (Lipinski definition) is 3. The lowest BCUT2D eigenvalue weighted by Crippen LogP contribution is -2.35. The molecule has 3 N–H and O–H groups in total. The number of para-hydroxylation sites is 1. The Bertz CT molecular complexity index is 443. The summed E-state index contributed by atoms with van der Waals surface area (Å²) in [4.78, 5) is 0. The molecule has 0 saturated carbocycles. The fourth-order valence-corrected chi connectivity index (χ4v) is 1.84. The molecular formula is C14H19F4NO2. The standard InChI is InChI=1S/C14H19F4NO2/c1-2-3-7-10(20)12(19)9-6-4-5-8-11(9)21-14(17,18)13(15)16/h4-6,8,10,12-13,20H,2-3,7,19H2,1H3/t10-,12+/m1/s1. The average molecular weight is 309 g/mol. The van der Waals surface area contributed by atoms with Gasteiger partial charge in [-0.3, -0.25) is 0 Å². The second-order valence-electron chi connectivity index (χ2n) is 4.74. The minimum absolute atomic E-state index is 0.0708. The van der Waals surface area contributed by atoms with Crippen molar-refractivity contribution >= 4 is 0 Å². The number of ether oxygens (including phenoxy) is 1. The van der Waals surface area contributed by atoms with E-state index in [1.165, 1.54) is 18.2 Å². The van der Waals surface area contributed by atoms with Gasteiger partial charge in [-0.1, -0.05) is 38.0 Å². The van der Waals surface area contributed by atoms with E-state index in [-0.39, 0.29) is 5.56 Å². The second-order valence-corrected chi connectivity index (χ2v) is 4.74. The summed E-state index contributed by atoms with van der Waals surface area (Å²) in [5.74, 6) is -0.453. The van der Waals surface area contributed by atoms with E-state index in [1.807, 2.05) is 6.92 Å². The summed E-state index contributed by atoms with van der Waals surface area (Å²) in [7, 11) is 0. The molecule has 0 spiro atoms. The Morgan fingerprint density at radius 1 is 1.29 bits per heavy atom. The third kappa shape index (κ3) is 4.86. The van der Waals surface area contributed by atoms with E-state index < -0.39 is 30.4 Å². The summed E-state index contributed by atoms with van der Waals surface area (Å²) in [6.45, 7) is 1.93. The predicted octanol–water partition coefficient (Wildman–Crippen LogP) is 3.47. The van der Waals surface area contributed by atoms with Gasteiger partial charge in [0.05, 0.1) is 12.1 Å². The Labute approximate surface area is 120 Å². The van der Waals surface area contributed by atoms with E-state index in [2.05, 4.69) is 4.74 Å². The molecular weight excluding hydrogens is 290 g/mol. The van der Waals surface area contributed by atoms with Crippen LogP contribution >= 0.6 is 0 Å². The van der Waals surface area contributed by atoms with E-state index in [4.69, 9.17) is 5.73 Å². The van der Waals surface area contributed by atoms with Gasteiger partial charge in [-0.2, -0.15) is 17.6 Å². The number of alkyl halides is 4. The maximum atomic E-state index is 13.0. The normalized spacial score (nSPS) is 15.0. The van der Waals surface area contributed by atoms with Gasteiger partial charge in [-0.25, -0.2) is 0 Å². The summed E-state index contributed by atoms with van der Waals surface area (Å²) in [6.07, 6.45) is -7.58. The van der Waals surface area contributed by atoms with Crippen LogP contribution in [0.25, 0.3) is 0 Å². The Hall–Kier alpha value is -1.34. The lowest BCUT2D eigenvalue weighted by atomic mass is 9.97. The molecule has 1 rings (SSSR count). The molecule has 0 amide bonds. The third-order valence-electron chi connectivity index (χ3n) is 3.05. The fraction of sp³-hybridized carbons (Fsp3) is 0.571. The first-order valence-corrected chi connectivity index (χ1v) is 6.67. The zero-order valence-corrected chi connectivity index (χ0v) is 11.6. The number of nitrogens with two attached hydrogens (primary N) is 1. The largest absolute Gasteiger partial charge is 0.461 e. The molecule has 0 aliphatic carbocycles. The van der Waals surface area contributed by atoms with Gasteiger partial charge in [0, 0.05) is 5.56 Å². The first kappa shape index (κ1) is 17.7. The topological polar surface area (TPSA) is 55.5 Å². The number of unbranched alkanes of at least 4 members (excludes halogenated alkanes) is 1. The van der Waals surface area contributed by atoms with Gasteiger partial charge in [0.1, 0.15) is 5.75 Å². The molecule has 0 radical (unpaired) electrons. The van der Waals surface area contributed by atoms with E-state index >= 15 is 0 Å². The Morgan fingerprint density at radius 3 is 2.48 bits per heavy atom. The predicted molar refractivity (Wildman–Crippen MR) is 70.5 cm³/mol. The molecule has 0 aliphatic heterocycles. The van der Waals surface area contributed by atoms with Gasteiger partial charge >= 0.3 is 12.5 Å². The average Bonchev–Trinajstić information content (AvgIpc) is 2.44. The van der Waals surface area contributed by atoms with Crippen molar-refractivity contribution in [2.75, 3.05) is 0 Å². The molecule has 0 bridgehead atoms. The Kier molecular flexibility index (Phi) is 6.42. The van der Waals surface area contributed by atoms with Crippen molar-refractivity contribution in [1.82, 2.24) is 0 Å². The molecule has 0 aromatic heterocycles. The van der Waals surface area contributed by atoms with Crippen molar-refractivity contribution in [2.24, 2.45) is 5.73 Å². The van der Waals surface area contributed by atoms with Gasteiger partial charge < -0.3 is 15.6 Å². The van der Waals surface area contributed by atoms with Crippen molar-refractivity contribution in [1.29, 1.82) is 0 Å². The Balaban J connectivity index is 2.93. The summed E-state index contributed by atoms with van der Waals surface area (Å²) in [6, 6.07) is 4.39. The SMILES string of the molecule is CCCC[C@@H](O)[C@@H](N)c1ccccc1OC(F)(F)C(F)F. The zero-order valence-electron chi connectivity index (χ0n) is 11.6.